The van der Waals surface area contributed by atoms with Crippen molar-refractivity contribution in [2.24, 2.45) is 0 Å². The first-order valence-electron chi connectivity index (χ1n) is 11.0. The van der Waals surface area contributed by atoms with Gasteiger partial charge in [-0.25, -0.2) is 8.42 Å². The van der Waals surface area contributed by atoms with Gasteiger partial charge in [-0.2, -0.15) is 0 Å². The number of sulfone groups is 1. The molecule has 0 fully saturated rings. The van der Waals surface area contributed by atoms with E-state index in [0.29, 0.717) is 22.7 Å². The number of carbonyl (C=O) groups excluding carboxylic acids is 2. The van der Waals surface area contributed by atoms with Crippen LogP contribution in [0.15, 0.2) is 71.6 Å². The summed E-state index contributed by atoms with van der Waals surface area (Å²) in [5, 5.41) is 1.62. The second-order valence-corrected chi connectivity index (χ2v) is 10.3. The fourth-order valence-corrected chi connectivity index (χ4v) is 6.00. The Morgan fingerprint density at radius 1 is 1.00 bits per heavy atom. The van der Waals surface area contributed by atoms with Gasteiger partial charge in [0.15, 0.2) is 21.3 Å². The third-order valence-corrected chi connectivity index (χ3v) is 8.06. The average molecular weight is 495 g/mol. The van der Waals surface area contributed by atoms with Crippen LogP contribution < -0.4 is 19.7 Å². The number of amides is 2. The number of benzene rings is 3. The Kier molecular flexibility index (Phi) is 6.79. The van der Waals surface area contributed by atoms with Crippen LogP contribution in [0.5, 0.6) is 11.5 Å². The Balaban J connectivity index is 1.70. The molecular formula is C26H26N2O6S. The lowest BCUT2D eigenvalue weighted by molar-refractivity contribution is -0.121. The summed E-state index contributed by atoms with van der Waals surface area (Å²) in [6, 6.07) is 18.3. The maximum atomic E-state index is 13.7. The van der Waals surface area contributed by atoms with Gasteiger partial charge in [-0.05, 0) is 48.9 Å². The van der Waals surface area contributed by atoms with Crippen molar-refractivity contribution in [2.45, 2.75) is 23.5 Å². The van der Waals surface area contributed by atoms with E-state index in [1.807, 2.05) is 19.1 Å². The third kappa shape index (κ3) is 4.85. The van der Waals surface area contributed by atoms with E-state index in [4.69, 9.17) is 9.47 Å². The third-order valence-electron chi connectivity index (χ3n) is 5.91. The number of nitrogens with zero attached hydrogens (tertiary/aromatic N) is 1. The first-order valence-corrected chi connectivity index (χ1v) is 12.5. The monoisotopic (exact) mass is 494 g/mol. The highest BCUT2D eigenvalue weighted by atomic mass is 32.2. The summed E-state index contributed by atoms with van der Waals surface area (Å²) < 4.78 is 38.0. The number of nitrogens with one attached hydrogen (secondary N) is 1. The van der Waals surface area contributed by atoms with Crippen molar-refractivity contribution >= 4 is 33.0 Å². The fourth-order valence-electron chi connectivity index (χ4n) is 4.09. The summed E-state index contributed by atoms with van der Waals surface area (Å²) in [4.78, 5) is 27.4. The number of anilines is 2. The zero-order valence-electron chi connectivity index (χ0n) is 19.6. The number of hydrogen-bond donors (Lipinski definition) is 1. The van der Waals surface area contributed by atoms with E-state index in [-0.39, 0.29) is 23.5 Å². The number of hydrogen-bond acceptors (Lipinski definition) is 6. The highest BCUT2D eigenvalue weighted by Gasteiger charge is 2.40. The Morgan fingerprint density at radius 3 is 2.37 bits per heavy atom. The highest BCUT2D eigenvalue weighted by molar-refractivity contribution is 7.92. The Hall–Kier alpha value is -3.85. The maximum Gasteiger partial charge on any atom is 0.244 e. The molecule has 0 spiro atoms. The first-order chi connectivity index (χ1) is 16.7. The van der Waals surface area contributed by atoms with Crippen LogP contribution in [0.25, 0.3) is 0 Å². The van der Waals surface area contributed by atoms with Gasteiger partial charge in [0, 0.05) is 12.1 Å². The molecule has 182 valence electrons. The SMILES string of the molecule is COc1ccc(C2CC(=O)N(CC(=O)Nc3ccc(C)cc3)c3ccccc3S2(=O)=O)cc1OC. The smallest absolute Gasteiger partial charge is 0.244 e. The molecule has 1 aliphatic rings. The van der Waals surface area contributed by atoms with Crippen molar-refractivity contribution in [1.82, 2.24) is 0 Å². The summed E-state index contributed by atoms with van der Waals surface area (Å²) in [5.41, 5.74) is 2.22. The minimum Gasteiger partial charge on any atom is -0.493 e. The molecule has 0 radical (unpaired) electrons. The van der Waals surface area contributed by atoms with Crippen LogP contribution in [0, 0.1) is 6.92 Å². The molecule has 1 aliphatic heterocycles. The molecule has 1 atom stereocenters. The largest absolute Gasteiger partial charge is 0.493 e. The van der Waals surface area contributed by atoms with Gasteiger partial charge in [0.25, 0.3) is 0 Å². The number of ether oxygens (including phenoxy) is 2. The second kappa shape index (κ2) is 9.79. The standard InChI is InChI=1S/C26H26N2O6S/c1-17-8-11-19(12-9-17)27-25(29)16-28-20-6-4-5-7-23(20)35(31,32)24(15-26(28)30)18-10-13-21(33-2)22(14-18)34-3/h4-14,24H,15-16H2,1-3H3,(H,27,29). The van der Waals surface area contributed by atoms with Crippen LogP contribution in [-0.4, -0.2) is 41.0 Å². The molecule has 9 heteroatoms. The lowest BCUT2D eigenvalue weighted by atomic mass is 10.1. The van der Waals surface area contributed by atoms with Gasteiger partial charge in [-0.1, -0.05) is 35.9 Å². The van der Waals surface area contributed by atoms with Crippen LogP contribution in [-0.2, 0) is 19.4 Å². The second-order valence-electron chi connectivity index (χ2n) is 8.21. The van der Waals surface area contributed by atoms with Crippen LogP contribution >= 0.6 is 0 Å². The fraction of sp³-hybridized carbons (Fsp3) is 0.231. The molecule has 2 amide bonds. The van der Waals surface area contributed by atoms with Crippen molar-refractivity contribution in [1.29, 1.82) is 0 Å². The molecule has 3 aromatic carbocycles. The van der Waals surface area contributed by atoms with Gasteiger partial charge < -0.3 is 19.7 Å². The molecule has 3 aromatic rings. The topological polar surface area (TPSA) is 102 Å². The zero-order chi connectivity index (χ0) is 25.2. The van der Waals surface area contributed by atoms with Crippen LogP contribution in [0.4, 0.5) is 11.4 Å². The Bertz CT molecular complexity index is 1370. The van der Waals surface area contributed by atoms with E-state index in [1.54, 1.807) is 48.5 Å². The quantitative estimate of drug-likeness (QED) is 0.558. The van der Waals surface area contributed by atoms with E-state index < -0.39 is 26.9 Å². The molecular weight excluding hydrogens is 468 g/mol. The van der Waals surface area contributed by atoms with Crippen molar-refractivity contribution in [3.8, 4) is 11.5 Å². The van der Waals surface area contributed by atoms with Crippen molar-refractivity contribution in [2.75, 3.05) is 31.0 Å². The minimum absolute atomic E-state index is 0.00577. The molecule has 0 saturated heterocycles. The number of carbonyl (C=O) groups is 2. The van der Waals surface area contributed by atoms with Gasteiger partial charge in [-0.3, -0.25) is 9.59 Å². The van der Waals surface area contributed by atoms with E-state index in [0.717, 1.165) is 5.56 Å². The normalized spacial score (nSPS) is 16.7. The number of rotatable bonds is 6. The average Bonchev–Trinajstić information content (AvgIpc) is 2.93. The molecule has 4 rings (SSSR count). The van der Waals surface area contributed by atoms with Crippen molar-refractivity contribution < 1.29 is 27.5 Å². The predicted octanol–water partition coefficient (Wildman–Crippen LogP) is 3.90. The van der Waals surface area contributed by atoms with Gasteiger partial charge in [0.05, 0.1) is 30.1 Å². The number of fused-ring (bicyclic) bond motifs is 1. The summed E-state index contributed by atoms with van der Waals surface area (Å²) in [6.45, 7) is 1.62. The van der Waals surface area contributed by atoms with Crippen LogP contribution in [0.2, 0.25) is 0 Å². The van der Waals surface area contributed by atoms with Gasteiger partial charge in [0.1, 0.15) is 6.54 Å². The molecule has 1 unspecified atom stereocenters. The summed E-state index contributed by atoms with van der Waals surface area (Å²) in [6.07, 6.45) is -0.329. The lowest BCUT2D eigenvalue weighted by Gasteiger charge is -2.22. The molecule has 8 nitrogen and oxygen atoms in total. The molecule has 35 heavy (non-hydrogen) atoms. The van der Waals surface area contributed by atoms with Gasteiger partial charge >= 0.3 is 0 Å². The summed E-state index contributed by atoms with van der Waals surface area (Å²) in [7, 11) is -1.03. The minimum atomic E-state index is -3.97. The summed E-state index contributed by atoms with van der Waals surface area (Å²) >= 11 is 0. The maximum absolute atomic E-state index is 13.7. The Labute approximate surface area is 204 Å². The molecule has 0 saturated carbocycles. The van der Waals surface area contributed by atoms with E-state index in [1.165, 1.54) is 25.2 Å². The lowest BCUT2D eigenvalue weighted by Crippen LogP contribution is -2.38. The number of aryl methyl sites for hydroxylation is 1. The Morgan fingerprint density at radius 2 is 1.69 bits per heavy atom. The zero-order valence-corrected chi connectivity index (χ0v) is 20.5. The van der Waals surface area contributed by atoms with Crippen molar-refractivity contribution in [3.05, 3.63) is 77.9 Å². The molecule has 0 aromatic heterocycles. The summed E-state index contributed by atoms with van der Waals surface area (Å²) in [5.74, 6) is -0.0979. The molecule has 1 heterocycles. The first kappa shape index (κ1) is 24.3. The van der Waals surface area contributed by atoms with Gasteiger partial charge in [-0.15, -0.1) is 0 Å². The molecule has 1 N–H and O–H groups in total. The predicted molar refractivity (Wildman–Crippen MR) is 133 cm³/mol. The number of para-hydroxylation sites is 1. The molecule has 0 bridgehead atoms. The van der Waals surface area contributed by atoms with E-state index >= 15 is 0 Å². The van der Waals surface area contributed by atoms with Crippen molar-refractivity contribution in [3.63, 3.8) is 0 Å². The van der Waals surface area contributed by atoms with Gasteiger partial charge in [0.2, 0.25) is 11.8 Å². The van der Waals surface area contributed by atoms with E-state index in [2.05, 4.69) is 5.32 Å². The number of methoxy groups -OCH3 is 2. The van der Waals surface area contributed by atoms with Crippen LogP contribution in [0.3, 0.4) is 0 Å². The van der Waals surface area contributed by atoms with E-state index in [9.17, 15) is 18.0 Å². The van der Waals surface area contributed by atoms with Crippen LogP contribution in [0.1, 0.15) is 22.8 Å². The highest BCUT2D eigenvalue weighted by Crippen LogP contribution is 2.42. The molecule has 0 aliphatic carbocycles.